The monoisotopic (exact) mass is 300 g/mol. The van der Waals surface area contributed by atoms with Gasteiger partial charge in [0.1, 0.15) is 10.8 Å². The van der Waals surface area contributed by atoms with Crippen LogP contribution in [0.1, 0.15) is 10.4 Å². The highest BCUT2D eigenvalue weighted by Gasteiger charge is 2.10. The van der Waals surface area contributed by atoms with Gasteiger partial charge in [-0.3, -0.25) is 4.98 Å². The van der Waals surface area contributed by atoms with E-state index in [2.05, 4.69) is 9.97 Å². The van der Waals surface area contributed by atoms with Crippen molar-refractivity contribution in [3.8, 4) is 11.6 Å². The normalized spacial score (nSPS) is 10.5. The van der Waals surface area contributed by atoms with Crippen molar-refractivity contribution in [1.29, 1.82) is 0 Å². The van der Waals surface area contributed by atoms with Crippen molar-refractivity contribution in [1.82, 2.24) is 9.97 Å². The molecule has 0 aliphatic carbocycles. The van der Waals surface area contributed by atoms with Gasteiger partial charge in [-0.2, -0.15) is 0 Å². The summed E-state index contributed by atoms with van der Waals surface area (Å²) in [6.07, 6.45) is 2.89. The summed E-state index contributed by atoms with van der Waals surface area (Å²) in [5.74, 6) is -0.415. The van der Waals surface area contributed by atoms with Crippen LogP contribution >= 0.6 is 11.6 Å². The van der Waals surface area contributed by atoms with Gasteiger partial charge in [-0.25, -0.2) is 9.78 Å². The lowest BCUT2D eigenvalue weighted by Crippen LogP contribution is -1.98. The Morgan fingerprint density at radius 3 is 2.81 bits per heavy atom. The molecule has 0 radical (unpaired) electrons. The van der Waals surface area contributed by atoms with Gasteiger partial charge < -0.3 is 9.84 Å². The van der Waals surface area contributed by atoms with E-state index in [4.69, 9.17) is 21.4 Å². The van der Waals surface area contributed by atoms with Crippen molar-refractivity contribution in [3.05, 3.63) is 59.4 Å². The van der Waals surface area contributed by atoms with Gasteiger partial charge in [0.2, 0.25) is 5.88 Å². The highest BCUT2D eigenvalue weighted by atomic mass is 35.5. The predicted molar refractivity (Wildman–Crippen MR) is 78.0 cm³/mol. The first kappa shape index (κ1) is 13.3. The number of fused-ring (bicyclic) bond motifs is 1. The van der Waals surface area contributed by atoms with Gasteiger partial charge in [0.15, 0.2) is 0 Å². The Morgan fingerprint density at radius 2 is 2.05 bits per heavy atom. The number of benzene rings is 1. The predicted octanol–water partition coefficient (Wildman–Crippen LogP) is 3.77. The van der Waals surface area contributed by atoms with Crippen LogP contribution in [0.3, 0.4) is 0 Å². The van der Waals surface area contributed by atoms with Crippen molar-refractivity contribution in [2.24, 2.45) is 0 Å². The Balaban J connectivity index is 1.93. The first-order valence-electron chi connectivity index (χ1n) is 6.05. The van der Waals surface area contributed by atoms with Gasteiger partial charge in [-0.15, -0.1) is 0 Å². The minimum Gasteiger partial charge on any atom is -0.478 e. The zero-order valence-corrected chi connectivity index (χ0v) is 11.4. The number of pyridine rings is 2. The number of halogens is 1. The van der Waals surface area contributed by atoms with E-state index in [1.54, 1.807) is 18.3 Å². The Hall–Kier alpha value is -2.66. The number of hydrogen-bond donors (Lipinski definition) is 1. The Kier molecular flexibility index (Phi) is 3.41. The van der Waals surface area contributed by atoms with Crippen LogP contribution in [-0.4, -0.2) is 21.0 Å². The molecule has 2 heterocycles. The number of aromatic carboxylic acids is 1. The number of aromatic nitrogens is 2. The van der Waals surface area contributed by atoms with Gasteiger partial charge in [-0.1, -0.05) is 17.7 Å². The fourth-order valence-electron chi connectivity index (χ4n) is 1.84. The van der Waals surface area contributed by atoms with Gasteiger partial charge >= 0.3 is 5.97 Å². The molecule has 2 aromatic heterocycles. The molecule has 3 aromatic rings. The molecular weight excluding hydrogens is 292 g/mol. The first-order valence-corrected chi connectivity index (χ1v) is 6.43. The molecule has 5 nitrogen and oxygen atoms in total. The average molecular weight is 301 g/mol. The molecule has 1 N–H and O–H groups in total. The molecule has 3 rings (SSSR count). The Labute approximate surface area is 124 Å². The third-order valence-corrected chi connectivity index (χ3v) is 3.12. The van der Waals surface area contributed by atoms with E-state index in [1.807, 2.05) is 18.2 Å². The fraction of sp³-hybridized carbons (Fsp3) is 0. The van der Waals surface area contributed by atoms with Crippen molar-refractivity contribution in [3.63, 3.8) is 0 Å². The van der Waals surface area contributed by atoms with Gasteiger partial charge in [-0.05, 0) is 24.3 Å². The second kappa shape index (κ2) is 5.38. The summed E-state index contributed by atoms with van der Waals surface area (Å²) in [4.78, 5) is 19.0. The van der Waals surface area contributed by atoms with Gasteiger partial charge in [0, 0.05) is 23.8 Å². The molecule has 0 saturated heterocycles. The Morgan fingerprint density at radius 1 is 1.19 bits per heavy atom. The highest BCUT2D eigenvalue weighted by molar-refractivity contribution is 6.32. The number of hydrogen-bond acceptors (Lipinski definition) is 4. The molecule has 104 valence electrons. The molecular formula is C15H9ClN2O3. The quantitative estimate of drug-likeness (QED) is 0.797. The number of rotatable bonds is 3. The summed E-state index contributed by atoms with van der Waals surface area (Å²) in [6, 6.07) is 10.5. The third kappa shape index (κ3) is 2.78. The molecule has 6 heteroatoms. The van der Waals surface area contributed by atoms with Crippen molar-refractivity contribution in [2.45, 2.75) is 0 Å². The van der Waals surface area contributed by atoms with Crippen LogP contribution in [0.25, 0.3) is 10.9 Å². The second-order valence-corrected chi connectivity index (χ2v) is 4.68. The van der Waals surface area contributed by atoms with Crippen LogP contribution in [0.4, 0.5) is 0 Å². The summed E-state index contributed by atoms with van der Waals surface area (Å²) < 4.78 is 5.58. The lowest BCUT2D eigenvalue weighted by atomic mass is 10.2. The van der Waals surface area contributed by atoms with E-state index in [1.165, 1.54) is 12.3 Å². The standard InChI is InChI=1S/C15H9ClN2O3/c16-12-6-10(15(19)20)8-18-14(12)21-11-4-3-9-2-1-5-17-13(9)7-11/h1-8H,(H,19,20). The topological polar surface area (TPSA) is 72.3 Å². The van der Waals surface area contributed by atoms with Gasteiger partial charge in [0.25, 0.3) is 0 Å². The van der Waals surface area contributed by atoms with E-state index < -0.39 is 5.97 Å². The van der Waals surface area contributed by atoms with E-state index in [-0.39, 0.29) is 16.5 Å². The molecule has 0 bridgehead atoms. The zero-order chi connectivity index (χ0) is 14.8. The van der Waals surface area contributed by atoms with E-state index in [0.717, 1.165) is 10.9 Å². The molecule has 21 heavy (non-hydrogen) atoms. The van der Waals surface area contributed by atoms with Crippen LogP contribution in [0.2, 0.25) is 5.02 Å². The van der Waals surface area contributed by atoms with Crippen LogP contribution < -0.4 is 4.74 Å². The number of ether oxygens (including phenoxy) is 1. The maximum atomic E-state index is 10.8. The SMILES string of the molecule is O=C(O)c1cnc(Oc2ccc3cccnc3c2)c(Cl)c1. The molecule has 0 amide bonds. The maximum absolute atomic E-state index is 10.8. The van der Waals surface area contributed by atoms with E-state index >= 15 is 0 Å². The van der Waals surface area contributed by atoms with E-state index in [0.29, 0.717) is 5.75 Å². The number of carbonyl (C=O) groups is 1. The maximum Gasteiger partial charge on any atom is 0.337 e. The Bertz CT molecular complexity index is 836. The summed E-state index contributed by atoms with van der Waals surface area (Å²) in [5.41, 5.74) is 0.792. The largest absolute Gasteiger partial charge is 0.478 e. The van der Waals surface area contributed by atoms with Gasteiger partial charge in [0.05, 0.1) is 11.1 Å². The molecule has 0 aliphatic rings. The number of carboxylic acid groups (broad SMARTS) is 1. The fourth-order valence-corrected chi connectivity index (χ4v) is 2.04. The average Bonchev–Trinajstić information content (AvgIpc) is 2.49. The lowest BCUT2D eigenvalue weighted by molar-refractivity contribution is 0.0696. The molecule has 0 atom stereocenters. The summed E-state index contributed by atoms with van der Waals surface area (Å²) in [6.45, 7) is 0. The number of nitrogens with zero attached hydrogens (tertiary/aromatic N) is 2. The van der Waals surface area contributed by atoms with Crippen LogP contribution in [0, 0.1) is 0 Å². The smallest absolute Gasteiger partial charge is 0.337 e. The molecule has 0 saturated carbocycles. The van der Waals surface area contributed by atoms with Crippen LogP contribution in [-0.2, 0) is 0 Å². The summed E-state index contributed by atoms with van der Waals surface area (Å²) in [5, 5.41) is 9.99. The van der Waals surface area contributed by atoms with Crippen molar-refractivity contribution < 1.29 is 14.6 Å². The van der Waals surface area contributed by atoms with Crippen LogP contribution in [0.15, 0.2) is 48.8 Å². The summed E-state index contributed by atoms with van der Waals surface area (Å²) in [7, 11) is 0. The molecule has 0 fully saturated rings. The highest BCUT2D eigenvalue weighted by Crippen LogP contribution is 2.29. The minimum absolute atomic E-state index is 0.00697. The van der Waals surface area contributed by atoms with Crippen molar-refractivity contribution in [2.75, 3.05) is 0 Å². The molecule has 1 aromatic carbocycles. The summed E-state index contributed by atoms with van der Waals surface area (Å²) >= 11 is 5.98. The molecule has 0 aliphatic heterocycles. The van der Waals surface area contributed by atoms with Crippen molar-refractivity contribution >= 4 is 28.5 Å². The third-order valence-electron chi connectivity index (χ3n) is 2.85. The zero-order valence-electron chi connectivity index (χ0n) is 10.7. The molecule has 0 unspecified atom stereocenters. The second-order valence-electron chi connectivity index (χ2n) is 4.28. The number of carboxylic acids is 1. The van der Waals surface area contributed by atoms with Crippen LogP contribution in [0.5, 0.6) is 11.6 Å². The lowest BCUT2D eigenvalue weighted by Gasteiger charge is -2.07. The first-order chi connectivity index (χ1) is 10.1. The van der Waals surface area contributed by atoms with E-state index in [9.17, 15) is 4.79 Å². The minimum atomic E-state index is -1.09. The molecule has 0 spiro atoms.